The van der Waals surface area contributed by atoms with E-state index in [-0.39, 0.29) is 6.04 Å². The Hall–Kier alpha value is -0.370. The van der Waals surface area contributed by atoms with Gasteiger partial charge in [-0.2, -0.15) is 18.7 Å². The molecule has 0 aromatic rings. The van der Waals surface area contributed by atoms with Crippen LogP contribution in [-0.4, -0.2) is 37.8 Å². The largest absolute Gasteiger partial charge is 0.413 e. The summed E-state index contributed by atoms with van der Waals surface area (Å²) in [6, 6.07) is -0.0595. The third-order valence-corrected chi connectivity index (χ3v) is 3.05. The Bertz CT molecular complexity index is 244. The molecule has 1 N–H and O–H groups in total. The lowest BCUT2D eigenvalue weighted by Gasteiger charge is -2.35. The van der Waals surface area contributed by atoms with Crippen molar-refractivity contribution in [3.63, 3.8) is 0 Å². The molecule has 2 aliphatic rings. The van der Waals surface area contributed by atoms with Gasteiger partial charge in [-0.3, -0.25) is 4.84 Å². The molecule has 1 aliphatic heterocycles. The Kier molecular flexibility index (Phi) is 3.92. The second-order valence-electron chi connectivity index (χ2n) is 4.40. The van der Waals surface area contributed by atoms with Gasteiger partial charge in [-0.05, 0) is 12.8 Å². The molecule has 0 aromatic carbocycles. The molecule has 2 rings (SSSR count). The average Bonchev–Trinajstić information content (AvgIpc) is 2.68. The molecule has 17 heavy (non-hydrogen) atoms. The van der Waals surface area contributed by atoms with Gasteiger partial charge in [0.2, 0.25) is 0 Å². The van der Waals surface area contributed by atoms with Gasteiger partial charge in [0, 0.05) is 18.9 Å². The van der Waals surface area contributed by atoms with Gasteiger partial charge < -0.3 is 9.47 Å². The summed E-state index contributed by atoms with van der Waals surface area (Å²) in [4.78, 5) is 4.43. The molecule has 1 saturated carbocycles. The topological polar surface area (TPSA) is 39.7 Å². The second-order valence-corrected chi connectivity index (χ2v) is 4.40. The molecule has 1 spiro atoms. The minimum atomic E-state index is -4.29. The van der Waals surface area contributed by atoms with Crippen molar-refractivity contribution in [1.82, 2.24) is 5.48 Å². The van der Waals surface area contributed by atoms with E-state index in [4.69, 9.17) is 9.47 Å². The average molecular weight is 255 g/mol. The molecule has 0 atom stereocenters. The first-order valence-corrected chi connectivity index (χ1v) is 5.71. The zero-order chi connectivity index (χ0) is 12.4. The van der Waals surface area contributed by atoms with Crippen molar-refractivity contribution < 1.29 is 27.5 Å². The summed E-state index contributed by atoms with van der Waals surface area (Å²) >= 11 is 0. The second kappa shape index (κ2) is 5.09. The summed E-state index contributed by atoms with van der Waals surface area (Å²) < 4.78 is 46.6. The predicted molar refractivity (Wildman–Crippen MR) is 52.0 cm³/mol. The Morgan fingerprint density at radius 2 is 1.76 bits per heavy atom. The van der Waals surface area contributed by atoms with Gasteiger partial charge in [0.05, 0.1) is 13.2 Å². The molecule has 0 bridgehead atoms. The van der Waals surface area contributed by atoms with E-state index in [0.717, 1.165) is 0 Å². The van der Waals surface area contributed by atoms with E-state index in [2.05, 4.69) is 10.3 Å². The minimum absolute atomic E-state index is 0.0595. The Labute approximate surface area is 97.4 Å². The van der Waals surface area contributed by atoms with E-state index in [1.165, 1.54) is 0 Å². The van der Waals surface area contributed by atoms with Crippen molar-refractivity contribution in [3.05, 3.63) is 0 Å². The Morgan fingerprint density at radius 1 is 1.18 bits per heavy atom. The van der Waals surface area contributed by atoms with Crippen molar-refractivity contribution in [2.75, 3.05) is 19.8 Å². The maximum absolute atomic E-state index is 11.8. The van der Waals surface area contributed by atoms with Crippen LogP contribution in [0.15, 0.2) is 0 Å². The lowest BCUT2D eigenvalue weighted by molar-refractivity contribution is -0.205. The summed E-state index contributed by atoms with van der Waals surface area (Å²) in [5.41, 5.74) is 2.45. The maximum Gasteiger partial charge on any atom is 0.413 e. The van der Waals surface area contributed by atoms with E-state index < -0.39 is 18.6 Å². The molecule has 1 heterocycles. The van der Waals surface area contributed by atoms with Gasteiger partial charge in [-0.1, -0.05) is 0 Å². The molecular weight excluding hydrogens is 239 g/mol. The fourth-order valence-electron chi connectivity index (χ4n) is 2.20. The van der Waals surface area contributed by atoms with Crippen LogP contribution in [0.5, 0.6) is 0 Å². The van der Waals surface area contributed by atoms with Crippen molar-refractivity contribution in [2.45, 2.75) is 43.7 Å². The highest BCUT2D eigenvalue weighted by Crippen LogP contribution is 2.35. The van der Waals surface area contributed by atoms with Crippen LogP contribution in [0.25, 0.3) is 0 Å². The van der Waals surface area contributed by atoms with Crippen LogP contribution < -0.4 is 5.48 Å². The number of ether oxygens (including phenoxy) is 2. The number of halogens is 3. The molecule has 100 valence electrons. The highest BCUT2D eigenvalue weighted by atomic mass is 19.4. The first-order valence-electron chi connectivity index (χ1n) is 5.71. The molecule has 0 amide bonds. The van der Waals surface area contributed by atoms with E-state index in [1.807, 2.05) is 0 Å². The number of hydrogen-bond donors (Lipinski definition) is 1. The predicted octanol–water partition coefficient (Wildman–Crippen LogP) is 1.76. The van der Waals surface area contributed by atoms with Gasteiger partial charge in [-0.15, -0.1) is 0 Å². The standard InChI is InChI=1S/C10H16F3NO3/c11-10(12,13)7-17-14-8-1-3-9(4-2-8)15-5-6-16-9/h8,14H,1-7H2. The zero-order valence-corrected chi connectivity index (χ0v) is 9.39. The van der Waals surface area contributed by atoms with Crippen LogP contribution in [0, 0.1) is 0 Å². The lowest BCUT2D eigenvalue weighted by atomic mass is 9.90. The van der Waals surface area contributed by atoms with Crippen LogP contribution in [0.4, 0.5) is 13.2 Å². The number of rotatable bonds is 3. The van der Waals surface area contributed by atoms with Gasteiger partial charge in [0.15, 0.2) is 12.4 Å². The van der Waals surface area contributed by atoms with Gasteiger partial charge in [0.1, 0.15) is 0 Å². The summed E-state index contributed by atoms with van der Waals surface area (Å²) in [5.74, 6) is -0.484. The molecule has 0 aromatic heterocycles. The van der Waals surface area contributed by atoms with Crippen LogP contribution in [0.3, 0.4) is 0 Å². The number of alkyl halides is 3. The molecule has 7 heteroatoms. The maximum atomic E-state index is 11.8. The zero-order valence-electron chi connectivity index (χ0n) is 9.39. The van der Waals surface area contributed by atoms with Crippen molar-refractivity contribution >= 4 is 0 Å². The van der Waals surface area contributed by atoms with Crippen LogP contribution in [0.2, 0.25) is 0 Å². The monoisotopic (exact) mass is 255 g/mol. The van der Waals surface area contributed by atoms with E-state index in [9.17, 15) is 13.2 Å². The smallest absolute Gasteiger partial charge is 0.348 e. The quantitative estimate of drug-likeness (QED) is 0.780. The van der Waals surface area contributed by atoms with Gasteiger partial charge in [0.25, 0.3) is 0 Å². The summed E-state index contributed by atoms with van der Waals surface area (Å²) in [5, 5.41) is 0. The minimum Gasteiger partial charge on any atom is -0.348 e. The van der Waals surface area contributed by atoms with Gasteiger partial charge >= 0.3 is 6.18 Å². The number of hydrogen-bond acceptors (Lipinski definition) is 4. The summed E-state index contributed by atoms with van der Waals surface area (Å²) in [6.45, 7) is -0.0625. The number of hydroxylamine groups is 1. The molecule has 0 radical (unpaired) electrons. The van der Waals surface area contributed by atoms with Gasteiger partial charge in [-0.25, -0.2) is 0 Å². The highest BCUT2D eigenvalue weighted by Gasteiger charge is 2.40. The normalized spacial score (nSPS) is 25.6. The third kappa shape index (κ3) is 3.80. The van der Waals surface area contributed by atoms with E-state index >= 15 is 0 Å². The highest BCUT2D eigenvalue weighted by molar-refractivity contribution is 4.84. The fourth-order valence-corrected chi connectivity index (χ4v) is 2.20. The first-order chi connectivity index (χ1) is 7.99. The molecular formula is C10H16F3NO3. The molecule has 1 saturated heterocycles. The fraction of sp³-hybridized carbons (Fsp3) is 1.00. The van der Waals surface area contributed by atoms with E-state index in [0.29, 0.717) is 38.9 Å². The summed E-state index contributed by atoms with van der Waals surface area (Å²) in [7, 11) is 0. The number of nitrogens with one attached hydrogen (secondary N) is 1. The van der Waals surface area contributed by atoms with Crippen LogP contribution >= 0.6 is 0 Å². The van der Waals surface area contributed by atoms with Crippen LogP contribution in [0.1, 0.15) is 25.7 Å². The summed E-state index contributed by atoms with van der Waals surface area (Å²) in [6.07, 6.45) is -1.52. The van der Waals surface area contributed by atoms with E-state index in [1.54, 1.807) is 0 Å². The molecule has 4 nitrogen and oxygen atoms in total. The molecule has 1 aliphatic carbocycles. The Morgan fingerprint density at radius 3 is 2.29 bits per heavy atom. The molecule has 2 fully saturated rings. The Balaban J connectivity index is 1.65. The van der Waals surface area contributed by atoms with Crippen molar-refractivity contribution in [1.29, 1.82) is 0 Å². The third-order valence-electron chi connectivity index (χ3n) is 3.05. The van der Waals surface area contributed by atoms with Crippen LogP contribution in [-0.2, 0) is 14.3 Å². The molecule has 0 unspecified atom stereocenters. The van der Waals surface area contributed by atoms with Crippen molar-refractivity contribution in [2.24, 2.45) is 0 Å². The van der Waals surface area contributed by atoms with Crippen molar-refractivity contribution in [3.8, 4) is 0 Å². The lowest BCUT2D eigenvalue weighted by Crippen LogP contribution is -2.42. The first kappa shape index (κ1) is 13.1. The SMILES string of the molecule is FC(F)(F)CONC1CCC2(CC1)OCCO2.